The van der Waals surface area contributed by atoms with Gasteiger partial charge in [0.05, 0.1) is 25.6 Å². The van der Waals surface area contributed by atoms with Crippen LogP contribution in [0.15, 0.2) is 71.8 Å². The molecule has 6 heteroatoms. The molecule has 0 spiro atoms. The van der Waals surface area contributed by atoms with Gasteiger partial charge in [0.2, 0.25) is 0 Å². The topological polar surface area (TPSA) is 67.7 Å². The van der Waals surface area contributed by atoms with Crippen LogP contribution in [0.5, 0.6) is 5.75 Å². The minimum absolute atomic E-state index is 0.0980. The predicted molar refractivity (Wildman–Crippen MR) is 122 cm³/mol. The number of fused-ring (bicyclic) bond motifs is 3. The molecule has 2 N–H and O–H groups in total. The molecule has 0 fully saturated rings. The number of aromatic nitrogens is 1. The number of nitrogens with one attached hydrogen (secondary N) is 2. The smallest absolute Gasteiger partial charge is 0.259 e. The lowest BCUT2D eigenvalue weighted by molar-refractivity contribution is -0.119. The van der Waals surface area contributed by atoms with Gasteiger partial charge in [0.15, 0.2) is 0 Å². The Balaban J connectivity index is 1.45. The SMILES string of the molecule is CCn1c2ccccc2c2cc(/C=N\NC(=O)CNc3ccccc3OC)ccc21. The molecule has 30 heavy (non-hydrogen) atoms. The highest BCUT2D eigenvalue weighted by molar-refractivity contribution is 6.09. The van der Waals surface area contributed by atoms with Crippen LogP contribution < -0.4 is 15.5 Å². The summed E-state index contributed by atoms with van der Waals surface area (Å²) in [4.78, 5) is 12.1. The van der Waals surface area contributed by atoms with Crippen LogP contribution in [0.25, 0.3) is 21.8 Å². The average molecular weight is 400 g/mol. The average Bonchev–Trinajstić information content (AvgIpc) is 3.11. The van der Waals surface area contributed by atoms with E-state index in [9.17, 15) is 4.79 Å². The molecule has 6 nitrogen and oxygen atoms in total. The van der Waals surface area contributed by atoms with E-state index in [-0.39, 0.29) is 12.5 Å². The molecule has 0 saturated carbocycles. The Kier molecular flexibility index (Phi) is 5.66. The number of ether oxygens (including phenoxy) is 1. The van der Waals surface area contributed by atoms with Gasteiger partial charge in [-0.1, -0.05) is 36.4 Å². The summed E-state index contributed by atoms with van der Waals surface area (Å²) >= 11 is 0. The molecule has 0 atom stereocenters. The van der Waals surface area contributed by atoms with E-state index in [1.54, 1.807) is 13.3 Å². The number of hydrogen-bond donors (Lipinski definition) is 2. The van der Waals surface area contributed by atoms with Crippen LogP contribution in [0.1, 0.15) is 12.5 Å². The van der Waals surface area contributed by atoms with E-state index >= 15 is 0 Å². The van der Waals surface area contributed by atoms with Crippen molar-refractivity contribution in [1.29, 1.82) is 0 Å². The van der Waals surface area contributed by atoms with Gasteiger partial charge in [-0.3, -0.25) is 4.79 Å². The number of hydrazone groups is 1. The van der Waals surface area contributed by atoms with Gasteiger partial charge >= 0.3 is 0 Å². The van der Waals surface area contributed by atoms with E-state index in [1.807, 2.05) is 30.3 Å². The summed E-state index contributed by atoms with van der Waals surface area (Å²) in [5.41, 5.74) is 6.67. The summed E-state index contributed by atoms with van der Waals surface area (Å²) in [5.74, 6) is 0.453. The molecule has 152 valence electrons. The highest BCUT2D eigenvalue weighted by Gasteiger charge is 2.09. The van der Waals surface area contributed by atoms with E-state index < -0.39 is 0 Å². The molecule has 0 aliphatic heterocycles. The van der Waals surface area contributed by atoms with Crippen molar-refractivity contribution in [2.24, 2.45) is 5.10 Å². The molecular formula is C24H24N4O2. The first-order valence-electron chi connectivity index (χ1n) is 9.91. The number of carbonyl (C=O) groups is 1. The highest BCUT2D eigenvalue weighted by atomic mass is 16.5. The van der Waals surface area contributed by atoms with Crippen LogP contribution in [-0.2, 0) is 11.3 Å². The number of amides is 1. The van der Waals surface area contributed by atoms with E-state index in [4.69, 9.17) is 4.74 Å². The Labute approximate surface area is 175 Å². The maximum Gasteiger partial charge on any atom is 0.259 e. The number of rotatable bonds is 7. The fourth-order valence-corrected chi connectivity index (χ4v) is 3.68. The molecule has 0 aliphatic carbocycles. The van der Waals surface area contributed by atoms with Crippen molar-refractivity contribution in [3.05, 3.63) is 72.3 Å². The van der Waals surface area contributed by atoms with E-state index in [1.165, 1.54) is 21.8 Å². The summed E-state index contributed by atoms with van der Waals surface area (Å²) in [6, 6.07) is 22.1. The molecule has 1 aromatic heterocycles. The monoisotopic (exact) mass is 400 g/mol. The number of anilines is 1. The maximum atomic E-state index is 12.1. The third-order valence-corrected chi connectivity index (χ3v) is 5.06. The summed E-state index contributed by atoms with van der Waals surface area (Å²) in [6.07, 6.45) is 1.67. The number of methoxy groups -OCH3 is 1. The third kappa shape index (κ3) is 3.85. The third-order valence-electron chi connectivity index (χ3n) is 5.06. The van der Waals surface area contributed by atoms with Gasteiger partial charge in [-0.2, -0.15) is 5.10 Å². The molecule has 0 radical (unpaired) electrons. The summed E-state index contributed by atoms with van der Waals surface area (Å²) in [7, 11) is 1.60. The van der Waals surface area contributed by atoms with E-state index in [0.717, 1.165) is 17.8 Å². The molecule has 0 aliphatic rings. The predicted octanol–water partition coefficient (Wildman–Crippen LogP) is 4.39. The van der Waals surface area contributed by atoms with Gasteiger partial charge in [0.1, 0.15) is 5.75 Å². The quantitative estimate of drug-likeness (QED) is 0.357. The normalized spacial score (nSPS) is 11.3. The first-order valence-corrected chi connectivity index (χ1v) is 9.91. The zero-order chi connectivity index (χ0) is 20.9. The Hall–Kier alpha value is -3.80. The summed E-state index contributed by atoms with van der Waals surface area (Å²) in [6.45, 7) is 3.16. The molecule has 4 rings (SSSR count). The van der Waals surface area contributed by atoms with Gasteiger partial charge in [0.25, 0.3) is 5.91 Å². The van der Waals surface area contributed by atoms with Crippen LogP contribution in [0.4, 0.5) is 5.69 Å². The molecule has 1 amide bonds. The Morgan fingerprint density at radius 3 is 2.63 bits per heavy atom. The molecule has 4 aromatic rings. The Bertz CT molecular complexity index is 1230. The second kappa shape index (κ2) is 8.69. The minimum atomic E-state index is -0.235. The van der Waals surface area contributed by atoms with Gasteiger partial charge < -0.3 is 14.6 Å². The largest absolute Gasteiger partial charge is 0.495 e. The van der Waals surface area contributed by atoms with E-state index in [2.05, 4.69) is 63.7 Å². The zero-order valence-electron chi connectivity index (χ0n) is 17.1. The molecule has 0 unspecified atom stereocenters. The lowest BCUT2D eigenvalue weighted by Crippen LogP contribution is -2.26. The fraction of sp³-hybridized carbons (Fsp3) is 0.167. The van der Waals surface area contributed by atoms with Crippen molar-refractivity contribution in [3.63, 3.8) is 0 Å². The van der Waals surface area contributed by atoms with Crippen LogP contribution in [0.2, 0.25) is 0 Å². The Morgan fingerprint density at radius 1 is 1.03 bits per heavy atom. The van der Waals surface area contributed by atoms with Crippen LogP contribution >= 0.6 is 0 Å². The Morgan fingerprint density at radius 2 is 1.80 bits per heavy atom. The maximum absolute atomic E-state index is 12.1. The lowest BCUT2D eigenvalue weighted by Gasteiger charge is -2.09. The number of aryl methyl sites for hydroxylation is 1. The first kappa shape index (κ1) is 19.5. The molecule has 3 aromatic carbocycles. The first-order chi connectivity index (χ1) is 14.7. The van der Waals surface area contributed by atoms with Crippen molar-refractivity contribution in [2.45, 2.75) is 13.5 Å². The lowest BCUT2D eigenvalue weighted by atomic mass is 10.1. The second-order valence-electron chi connectivity index (χ2n) is 6.89. The van der Waals surface area contributed by atoms with Crippen molar-refractivity contribution in [3.8, 4) is 5.75 Å². The van der Waals surface area contributed by atoms with Gasteiger partial charge in [0, 0.05) is 28.4 Å². The molecule has 0 bridgehead atoms. The highest BCUT2D eigenvalue weighted by Crippen LogP contribution is 2.29. The van der Waals surface area contributed by atoms with Gasteiger partial charge in [-0.15, -0.1) is 0 Å². The zero-order valence-corrected chi connectivity index (χ0v) is 17.1. The number of para-hydroxylation sites is 3. The number of nitrogens with zero attached hydrogens (tertiary/aromatic N) is 2. The van der Waals surface area contributed by atoms with E-state index in [0.29, 0.717) is 5.75 Å². The van der Waals surface area contributed by atoms with Crippen molar-refractivity contribution >= 4 is 39.6 Å². The molecule has 0 saturated heterocycles. The standard InChI is InChI=1S/C24H24N4O2/c1-3-28-21-10-6-4-8-18(21)19-14-17(12-13-22(19)28)15-26-27-24(29)16-25-20-9-5-7-11-23(20)30-2/h4-15,25H,3,16H2,1-2H3,(H,27,29)/b26-15-. The summed E-state index contributed by atoms with van der Waals surface area (Å²) < 4.78 is 7.57. The molecular weight excluding hydrogens is 376 g/mol. The second-order valence-corrected chi connectivity index (χ2v) is 6.89. The molecule has 1 heterocycles. The van der Waals surface area contributed by atoms with Gasteiger partial charge in [-0.25, -0.2) is 5.43 Å². The van der Waals surface area contributed by atoms with Crippen molar-refractivity contribution in [1.82, 2.24) is 9.99 Å². The van der Waals surface area contributed by atoms with Crippen LogP contribution in [0.3, 0.4) is 0 Å². The minimum Gasteiger partial charge on any atom is -0.495 e. The summed E-state index contributed by atoms with van der Waals surface area (Å²) in [5, 5.41) is 9.56. The van der Waals surface area contributed by atoms with Gasteiger partial charge in [-0.05, 0) is 42.8 Å². The van der Waals surface area contributed by atoms with Crippen LogP contribution in [0, 0.1) is 0 Å². The van der Waals surface area contributed by atoms with Crippen LogP contribution in [-0.4, -0.2) is 30.3 Å². The number of carbonyl (C=O) groups excluding carboxylic acids is 1. The number of hydrogen-bond acceptors (Lipinski definition) is 4. The van der Waals surface area contributed by atoms with Crippen molar-refractivity contribution in [2.75, 3.05) is 19.0 Å². The number of benzene rings is 3. The van der Waals surface area contributed by atoms with Crippen molar-refractivity contribution < 1.29 is 9.53 Å². The fourth-order valence-electron chi connectivity index (χ4n) is 3.68.